The van der Waals surface area contributed by atoms with Crippen LogP contribution >= 0.6 is 23.2 Å². The molecule has 2 aromatic rings. The van der Waals surface area contributed by atoms with Gasteiger partial charge in [0.1, 0.15) is 18.3 Å². The van der Waals surface area contributed by atoms with Gasteiger partial charge in [-0.15, -0.1) is 0 Å². The topological polar surface area (TPSA) is 96.0 Å². The Bertz CT molecular complexity index is 1110. The highest BCUT2D eigenvalue weighted by molar-refractivity contribution is 7.92. The van der Waals surface area contributed by atoms with Gasteiger partial charge < -0.3 is 15.0 Å². The average molecular weight is 516 g/mol. The number of benzene rings is 2. The molecule has 180 valence electrons. The fourth-order valence-electron chi connectivity index (χ4n) is 3.31. The molecular formula is C22H27Cl2N3O5S. The quantitative estimate of drug-likeness (QED) is 0.523. The van der Waals surface area contributed by atoms with Gasteiger partial charge in [-0.3, -0.25) is 13.9 Å². The summed E-state index contributed by atoms with van der Waals surface area (Å²) >= 11 is 12.0. The van der Waals surface area contributed by atoms with Gasteiger partial charge >= 0.3 is 0 Å². The molecule has 0 aliphatic carbocycles. The third kappa shape index (κ3) is 6.99. The van der Waals surface area contributed by atoms with E-state index in [9.17, 15) is 18.0 Å². The van der Waals surface area contributed by atoms with Crippen LogP contribution in [0.3, 0.4) is 0 Å². The van der Waals surface area contributed by atoms with E-state index < -0.39 is 28.5 Å². The summed E-state index contributed by atoms with van der Waals surface area (Å²) in [5.41, 5.74) is 0.917. The number of anilines is 1. The summed E-state index contributed by atoms with van der Waals surface area (Å²) < 4.78 is 31.3. The number of carbonyl (C=O) groups is 2. The molecule has 2 amide bonds. The molecule has 0 aliphatic heterocycles. The number of hydrogen-bond acceptors (Lipinski definition) is 5. The van der Waals surface area contributed by atoms with Gasteiger partial charge in [0.25, 0.3) is 0 Å². The van der Waals surface area contributed by atoms with Crippen molar-refractivity contribution in [1.29, 1.82) is 0 Å². The lowest BCUT2D eigenvalue weighted by molar-refractivity contribution is -0.140. The SMILES string of the molecule is CCC(C(=O)NC)N(Cc1cccc(OC)c1)C(=O)CN(c1ccc(Cl)c(Cl)c1)S(C)(=O)=O. The predicted molar refractivity (Wildman–Crippen MR) is 130 cm³/mol. The maximum Gasteiger partial charge on any atom is 0.244 e. The Morgan fingerprint density at radius 2 is 1.82 bits per heavy atom. The predicted octanol–water partition coefficient (Wildman–Crippen LogP) is 3.32. The van der Waals surface area contributed by atoms with Crippen molar-refractivity contribution in [2.45, 2.75) is 25.9 Å². The van der Waals surface area contributed by atoms with Crippen LogP contribution in [0.4, 0.5) is 5.69 Å². The monoisotopic (exact) mass is 515 g/mol. The zero-order valence-electron chi connectivity index (χ0n) is 18.8. The van der Waals surface area contributed by atoms with Crippen LogP contribution < -0.4 is 14.4 Å². The Kier molecular flexibility index (Phi) is 9.39. The highest BCUT2D eigenvalue weighted by Gasteiger charge is 2.31. The standard InChI is InChI=1S/C22H27Cl2N3O5S/c1-5-20(22(29)25-2)26(13-15-7-6-8-17(11-15)32-3)21(28)14-27(33(4,30)31)16-9-10-18(23)19(24)12-16/h6-12,20H,5,13-14H2,1-4H3,(H,25,29). The first-order valence-corrected chi connectivity index (χ1v) is 12.7. The molecule has 0 aliphatic rings. The smallest absolute Gasteiger partial charge is 0.244 e. The fourth-order valence-corrected chi connectivity index (χ4v) is 4.44. The van der Waals surface area contributed by atoms with Crippen molar-refractivity contribution in [3.8, 4) is 5.75 Å². The molecule has 1 N–H and O–H groups in total. The van der Waals surface area contributed by atoms with Crippen LogP contribution in [0, 0.1) is 0 Å². The summed E-state index contributed by atoms with van der Waals surface area (Å²) in [7, 11) is -0.840. The van der Waals surface area contributed by atoms with Crippen LogP contribution in [0.2, 0.25) is 10.0 Å². The molecule has 0 heterocycles. The molecular weight excluding hydrogens is 489 g/mol. The van der Waals surface area contributed by atoms with Crippen LogP contribution in [0.15, 0.2) is 42.5 Å². The van der Waals surface area contributed by atoms with E-state index in [1.54, 1.807) is 31.2 Å². The third-order valence-electron chi connectivity index (χ3n) is 4.99. The van der Waals surface area contributed by atoms with E-state index >= 15 is 0 Å². The molecule has 0 fully saturated rings. The number of hydrogen-bond donors (Lipinski definition) is 1. The lowest BCUT2D eigenvalue weighted by Gasteiger charge is -2.32. The van der Waals surface area contributed by atoms with Crippen molar-refractivity contribution < 1.29 is 22.7 Å². The zero-order chi connectivity index (χ0) is 24.8. The van der Waals surface area contributed by atoms with E-state index in [0.717, 1.165) is 16.1 Å². The van der Waals surface area contributed by atoms with E-state index in [2.05, 4.69) is 5.32 Å². The number of methoxy groups -OCH3 is 1. The van der Waals surface area contributed by atoms with Crippen molar-refractivity contribution in [3.05, 3.63) is 58.1 Å². The number of halogens is 2. The number of sulfonamides is 1. The molecule has 0 saturated heterocycles. The lowest BCUT2D eigenvalue weighted by atomic mass is 10.1. The molecule has 0 spiro atoms. The van der Waals surface area contributed by atoms with Crippen LogP contribution in [-0.2, 0) is 26.2 Å². The molecule has 0 radical (unpaired) electrons. The van der Waals surface area contributed by atoms with Gasteiger partial charge in [0.05, 0.1) is 29.1 Å². The van der Waals surface area contributed by atoms with Crippen LogP contribution in [0.25, 0.3) is 0 Å². The molecule has 1 unspecified atom stereocenters. The van der Waals surface area contributed by atoms with E-state index in [0.29, 0.717) is 12.2 Å². The highest BCUT2D eigenvalue weighted by atomic mass is 35.5. The molecule has 8 nitrogen and oxygen atoms in total. The maximum absolute atomic E-state index is 13.5. The molecule has 33 heavy (non-hydrogen) atoms. The second-order valence-corrected chi connectivity index (χ2v) is 10.0. The Morgan fingerprint density at radius 3 is 2.36 bits per heavy atom. The fraction of sp³-hybridized carbons (Fsp3) is 0.364. The number of likely N-dealkylation sites (N-methyl/N-ethyl adjacent to an activating group) is 1. The van der Waals surface area contributed by atoms with Crippen molar-refractivity contribution in [2.75, 3.05) is 31.3 Å². The van der Waals surface area contributed by atoms with Crippen molar-refractivity contribution in [2.24, 2.45) is 0 Å². The Hall–Kier alpha value is -2.49. The summed E-state index contributed by atoms with van der Waals surface area (Å²) in [6, 6.07) is 10.6. The Labute approximate surface area is 204 Å². The molecule has 0 saturated carbocycles. The number of nitrogens with one attached hydrogen (secondary N) is 1. The van der Waals surface area contributed by atoms with Crippen LogP contribution in [0.1, 0.15) is 18.9 Å². The maximum atomic E-state index is 13.5. The van der Waals surface area contributed by atoms with Crippen molar-refractivity contribution in [3.63, 3.8) is 0 Å². The number of rotatable bonds is 10. The first-order valence-electron chi connectivity index (χ1n) is 10.1. The van der Waals surface area contributed by atoms with E-state index in [1.807, 2.05) is 0 Å². The van der Waals surface area contributed by atoms with Gasteiger partial charge in [0.15, 0.2) is 0 Å². The average Bonchev–Trinajstić information content (AvgIpc) is 2.78. The summed E-state index contributed by atoms with van der Waals surface area (Å²) in [5, 5.41) is 2.98. The van der Waals surface area contributed by atoms with Gasteiger partial charge in [-0.05, 0) is 42.3 Å². The second kappa shape index (κ2) is 11.6. The van der Waals surface area contributed by atoms with Gasteiger partial charge in [0.2, 0.25) is 21.8 Å². The molecule has 2 rings (SSSR count). The summed E-state index contributed by atoms with van der Waals surface area (Å²) in [6.45, 7) is 1.34. The molecule has 0 aromatic heterocycles. The highest BCUT2D eigenvalue weighted by Crippen LogP contribution is 2.28. The molecule has 11 heteroatoms. The normalized spacial score (nSPS) is 12.1. The van der Waals surface area contributed by atoms with E-state index in [-0.39, 0.29) is 28.2 Å². The Balaban J connectivity index is 2.45. The minimum atomic E-state index is -3.85. The largest absolute Gasteiger partial charge is 0.497 e. The van der Waals surface area contributed by atoms with Crippen molar-refractivity contribution in [1.82, 2.24) is 10.2 Å². The summed E-state index contributed by atoms with van der Waals surface area (Å²) in [5.74, 6) is -0.305. The third-order valence-corrected chi connectivity index (χ3v) is 6.87. The van der Waals surface area contributed by atoms with E-state index in [4.69, 9.17) is 27.9 Å². The minimum Gasteiger partial charge on any atom is -0.497 e. The number of nitrogens with zero attached hydrogens (tertiary/aromatic N) is 2. The minimum absolute atomic E-state index is 0.0843. The van der Waals surface area contributed by atoms with Gasteiger partial charge in [-0.2, -0.15) is 0 Å². The van der Waals surface area contributed by atoms with Crippen LogP contribution in [-0.4, -0.2) is 58.1 Å². The van der Waals surface area contributed by atoms with Crippen molar-refractivity contribution >= 4 is 50.7 Å². The van der Waals surface area contributed by atoms with Gasteiger partial charge in [0, 0.05) is 13.6 Å². The molecule has 2 aromatic carbocycles. The number of carbonyl (C=O) groups excluding carboxylic acids is 2. The zero-order valence-corrected chi connectivity index (χ0v) is 21.2. The van der Waals surface area contributed by atoms with Crippen LogP contribution in [0.5, 0.6) is 5.75 Å². The number of amides is 2. The first-order chi connectivity index (χ1) is 15.5. The number of ether oxygens (including phenoxy) is 1. The Morgan fingerprint density at radius 1 is 1.12 bits per heavy atom. The van der Waals surface area contributed by atoms with Gasteiger partial charge in [-0.25, -0.2) is 8.42 Å². The lowest BCUT2D eigenvalue weighted by Crippen LogP contribution is -2.51. The summed E-state index contributed by atoms with van der Waals surface area (Å²) in [4.78, 5) is 27.4. The second-order valence-electron chi connectivity index (χ2n) is 7.28. The van der Waals surface area contributed by atoms with E-state index in [1.165, 1.54) is 37.3 Å². The summed E-state index contributed by atoms with van der Waals surface area (Å²) in [6.07, 6.45) is 1.33. The molecule has 1 atom stereocenters. The molecule has 0 bridgehead atoms. The first kappa shape index (κ1) is 26.8. The van der Waals surface area contributed by atoms with Gasteiger partial charge in [-0.1, -0.05) is 42.3 Å².